The molecule has 1 atom stereocenters. The molecule has 108 valence electrons. The number of nitrogens with zero attached hydrogens (tertiary/aromatic N) is 1. The number of hydrogen-bond donors (Lipinski definition) is 1. The van der Waals surface area contributed by atoms with Gasteiger partial charge in [-0.25, -0.2) is 12.7 Å². The summed E-state index contributed by atoms with van der Waals surface area (Å²) in [5.41, 5.74) is 0.282. The van der Waals surface area contributed by atoms with Crippen LogP contribution in [0, 0.1) is 11.3 Å². The van der Waals surface area contributed by atoms with Crippen molar-refractivity contribution in [1.82, 2.24) is 9.62 Å². The second-order valence-corrected chi connectivity index (χ2v) is 8.40. The predicted molar refractivity (Wildman–Crippen MR) is 76.1 cm³/mol. The molecule has 1 unspecified atom stereocenters. The van der Waals surface area contributed by atoms with Crippen LogP contribution in [0.15, 0.2) is 0 Å². The maximum absolute atomic E-state index is 12.1. The van der Waals surface area contributed by atoms with Gasteiger partial charge in [-0.1, -0.05) is 20.8 Å². The van der Waals surface area contributed by atoms with E-state index in [2.05, 4.69) is 26.1 Å². The smallest absolute Gasteiger partial charge is 0.215 e. The minimum Gasteiger partial charge on any atom is -0.319 e. The normalized spacial score (nSPS) is 23.9. The first-order valence-electron chi connectivity index (χ1n) is 6.90. The van der Waals surface area contributed by atoms with Gasteiger partial charge in [-0.05, 0) is 37.6 Å². The Hall–Kier alpha value is -0.130. The molecule has 1 rings (SSSR count). The average Bonchev–Trinajstić information content (AvgIpc) is 2.51. The lowest BCUT2D eigenvalue weighted by Gasteiger charge is -2.29. The Kier molecular flexibility index (Phi) is 5.62. The van der Waals surface area contributed by atoms with E-state index in [0.29, 0.717) is 25.6 Å². The highest BCUT2D eigenvalue weighted by Gasteiger charge is 2.30. The minimum atomic E-state index is -3.07. The molecule has 0 aromatic carbocycles. The number of rotatable bonds is 4. The molecular formula is C13H28N2O2S. The first kappa shape index (κ1) is 15.9. The van der Waals surface area contributed by atoms with Crippen LogP contribution in [-0.2, 0) is 10.0 Å². The van der Waals surface area contributed by atoms with Crippen molar-refractivity contribution in [2.45, 2.75) is 40.0 Å². The lowest BCUT2D eigenvalue weighted by Crippen LogP contribution is -2.36. The van der Waals surface area contributed by atoms with E-state index in [9.17, 15) is 8.42 Å². The highest BCUT2D eigenvalue weighted by Crippen LogP contribution is 2.34. The molecule has 1 N–H and O–H groups in total. The van der Waals surface area contributed by atoms with Crippen molar-refractivity contribution < 1.29 is 8.42 Å². The van der Waals surface area contributed by atoms with Crippen LogP contribution >= 0.6 is 0 Å². The van der Waals surface area contributed by atoms with Crippen molar-refractivity contribution in [2.75, 3.05) is 32.4 Å². The van der Waals surface area contributed by atoms with E-state index in [0.717, 1.165) is 19.3 Å². The first-order valence-corrected chi connectivity index (χ1v) is 8.50. The molecule has 1 aliphatic heterocycles. The molecule has 0 bridgehead atoms. The van der Waals surface area contributed by atoms with Gasteiger partial charge in [0.2, 0.25) is 10.0 Å². The van der Waals surface area contributed by atoms with E-state index in [-0.39, 0.29) is 11.2 Å². The molecule has 1 aliphatic rings. The van der Waals surface area contributed by atoms with Gasteiger partial charge in [0.05, 0.1) is 5.75 Å². The highest BCUT2D eigenvalue weighted by molar-refractivity contribution is 7.89. The van der Waals surface area contributed by atoms with Crippen LogP contribution in [0.1, 0.15) is 40.0 Å². The van der Waals surface area contributed by atoms with Crippen molar-refractivity contribution in [3.8, 4) is 0 Å². The van der Waals surface area contributed by atoms with Crippen molar-refractivity contribution in [3.63, 3.8) is 0 Å². The molecule has 0 aromatic heterocycles. The van der Waals surface area contributed by atoms with Crippen LogP contribution < -0.4 is 5.32 Å². The van der Waals surface area contributed by atoms with Gasteiger partial charge in [0.1, 0.15) is 0 Å². The van der Waals surface area contributed by atoms with Gasteiger partial charge in [0.25, 0.3) is 0 Å². The van der Waals surface area contributed by atoms with E-state index in [1.165, 1.54) is 0 Å². The molecule has 1 saturated heterocycles. The molecular weight excluding hydrogens is 248 g/mol. The van der Waals surface area contributed by atoms with Gasteiger partial charge >= 0.3 is 0 Å². The number of hydrogen-bond acceptors (Lipinski definition) is 3. The molecule has 4 nitrogen and oxygen atoms in total. The third kappa shape index (κ3) is 4.52. The average molecular weight is 276 g/mol. The third-order valence-electron chi connectivity index (χ3n) is 3.92. The zero-order valence-corrected chi connectivity index (χ0v) is 13.0. The fourth-order valence-electron chi connectivity index (χ4n) is 2.57. The Morgan fingerprint density at radius 1 is 1.22 bits per heavy atom. The summed E-state index contributed by atoms with van der Waals surface area (Å²) < 4.78 is 26.0. The number of nitrogens with one attached hydrogen (secondary N) is 1. The standard InChI is InChI=1S/C13H28N2O2S/c1-13(2,3)12-6-5-9-15(10-7-12)18(16,17)11-8-14-4/h12,14H,5-11H2,1-4H3. The molecule has 0 spiro atoms. The molecule has 0 saturated carbocycles. The topological polar surface area (TPSA) is 49.4 Å². The summed E-state index contributed by atoms with van der Waals surface area (Å²) in [6, 6.07) is 0. The molecule has 0 aromatic rings. The number of sulfonamides is 1. The molecule has 0 aliphatic carbocycles. The van der Waals surface area contributed by atoms with E-state index >= 15 is 0 Å². The maximum atomic E-state index is 12.1. The largest absolute Gasteiger partial charge is 0.319 e. The molecule has 5 heteroatoms. The second kappa shape index (κ2) is 6.35. The van der Waals surface area contributed by atoms with Crippen molar-refractivity contribution in [3.05, 3.63) is 0 Å². The van der Waals surface area contributed by atoms with Gasteiger partial charge in [0, 0.05) is 19.6 Å². The van der Waals surface area contributed by atoms with Gasteiger partial charge < -0.3 is 5.32 Å². The Morgan fingerprint density at radius 2 is 1.89 bits per heavy atom. The second-order valence-electron chi connectivity index (χ2n) is 6.31. The minimum absolute atomic E-state index is 0.212. The van der Waals surface area contributed by atoms with E-state index in [4.69, 9.17) is 0 Å². The van der Waals surface area contributed by atoms with Crippen molar-refractivity contribution in [1.29, 1.82) is 0 Å². The van der Waals surface area contributed by atoms with E-state index in [1.54, 1.807) is 11.4 Å². The predicted octanol–water partition coefficient (Wildman–Crippen LogP) is 1.68. The lowest BCUT2D eigenvalue weighted by molar-refractivity contribution is 0.217. The third-order valence-corrected chi connectivity index (χ3v) is 5.79. The van der Waals surface area contributed by atoms with Crippen LogP contribution in [0.25, 0.3) is 0 Å². The maximum Gasteiger partial charge on any atom is 0.215 e. The van der Waals surface area contributed by atoms with Crippen LogP contribution in [0.2, 0.25) is 0 Å². The summed E-state index contributed by atoms with van der Waals surface area (Å²) >= 11 is 0. The Labute approximate surface area is 112 Å². The molecule has 1 fully saturated rings. The summed E-state index contributed by atoms with van der Waals surface area (Å²) in [4.78, 5) is 0. The van der Waals surface area contributed by atoms with Crippen LogP contribution in [0.5, 0.6) is 0 Å². The van der Waals surface area contributed by atoms with Gasteiger partial charge in [-0.2, -0.15) is 0 Å². The SMILES string of the molecule is CNCCS(=O)(=O)N1CCCC(C(C)(C)C)CC1. The first-order chi connectivity index (χ1) is 8.27. The molecule has 1 heterocycles. The summed E-state index contributed by atoms with van der Waals surface area (Å²) in [7, 11) is -1.28. The van der Waals surface area contributed by atoms with Gasteiger partial charge in [0.15, 0.2) is 0 Å². The van der Waals surface area contributed by atoms with Crippen LogP contribution in [0.4, 0.5) is 0 Å². The van der Waals surface area contributed by atoms with Crippen LogP contribution in [-0.4, -0.2) is 45.2 Å². The van der Waals surface area contributed by atoms with E-state index in [1.807, 2.05) is 0 Å². The summed E-state index contributed by atoms with van der Waals surface area (Å²) in [6.07, 6.45) is 3.12. The lowest BCUT2D eigenvalue weighted by atomic mass is 9.77. The Balaban J connectivity index is 2.62. The van der Waals surface area contributed by atoms with Gasteiger partial charge in [-0.15, -0.1) is 0 Å². The fraction of sp³-hybridized carbons (Fsp3) is 1.00. The Bertz CT molecular complexity index is 346. The summed E-state index contributed by atoms with van der Waals surface area (Å²) in [5, 5.41) is 2.91. The molecule has 0 amide bonds. The molecule has 0 radical (unpaired) electrons. The zero-order valence-electron chi connectivity index (χ0n) is 12.2. The quantitative estimate of drug-likeness (QED) is 0.850. The Morgan fingerprint density at radius 3 is 2.44 bits per heavy atom. The zero-order chi connectivity index (χ0) is 13.8. The van der Waals surface area contributed by atoms with Crippen molar-refractivity contribution in [2.24, 2.45) is 11.3 Å². The molecule has 18 heavy (non-hydrogen) atoms. The summed E-state index contributed by atoms with van der Waals surface area (Å²) in [5.74, 6) is 0.839. The van der Waals surface area contributed by atoms with E-state index < -0.39 is 10.0 Å². The fourth-order valence-corrected chi connectivity index (χ4v) is 4.09. The van der Waals surface area contributed by atoms with Crippen molar-refractivity contribution >= 4 is 10.0 Å². The monoisotopic (exact) mass is 276 g/mol. The highest BCUT2D eigenvalue weighted by atomic mass is 32.2. The summed E-state index contributed by atoms with van der Waals surface area (Å²) in [6.45, 7) is 8.67. The van der Waals surface area contributed by atoms with Gasteiger partial charge in [-0.3, -0.25) is 0 Å². The van der Waals surface area contributed by atoms with Crippen LogP contribution in [0.3, 0.4) is 0 Å².